The summed E-state index contributed by atoms with van der Waals surface area (Å²) in [7, 11) is 0. The minimum atomic E-state index is -0.626. The molecule has 4 amide bonds. The van der Waals surface area contributed by atoms with Gasteiger partial charge in [-0.1, -0.05) is 26.8 Å². The lowest BCUT2D eigenvalue weighted by atomic mass is 9.85. The van der Waals surface area contributed by atoms with E-state index in [4.69, 9.17) is 10.5 Å². The molecule has 0 aromatic heterocycles. The molecular formula is C25H39N5O5. The minimum Gasteiger partial charge on any atom is -0.444 e. The van der Waals surface area contributed by atoms with E-state index in [1.54, 1.807) is 49.9 Å². The van der Waals surface area contributed by atoms with Crippen molar-refractivity contribution in [2.45, 2.75) is 72.1 Å². The molecule has 1 saturated heterocycles. The number of likely N-dealkylation sites (tertiary alicyclic amines) is 1. The number of ether oxygens (including phenoxy) is 1. The zero-order chi connectivity index (χ0) is 26.4. The molecule has 1 heterocycles. The first kappa shape index (κ1) is 27.9. The number of amides is 4. The van der Waals surface area contributed by atoms with Crippen molar-refractivity contribution in [2.24, 2.45) is 11.1 Å². The number of carbonyl (C=O) groups is 4. The van der Waals surface area contributed by atoms with Crippen LogP contribution in [-0.2, 0) is 14.3 Å². The predicted octanol–water partition coefficient (Wildman–Crippen LogP) is 2.24. The molecule has 1 aromatic carbocycles. The molecule has 2 rings (SSSR count). The van der Waals surface area contributed by atoms with E-state index >= 15 is 0 Å². The van der Waals surface area contributed by atoms with Gasteiger partial charge in [-0.05, 0) is 57.2 Å². The van der Waals surface area contributed by atoms with E-state index in [9.17, 15) is 19.2 Å². The van der Waals surface area contributed by atoms with Crippen molar-refractivity contribution in [2.75, 3.05) is 25.0 Å². The number of anilines is 1. The van der Waals surface area contributed by atoms with Gasteiger partial charge >= 0.3 is 6.09 Å². The number of benzene rings is 1. The summed E-state index contributed by atoms with van der Waals surface area (Å²) in [6.45, 7) is 12.1. The lowest BCUT2D eigenvalue weighted by molar-refractivity contribution is -0.139. The predicted molar refractivity (Wildman–Crippen MR) is 134 cm³/mol. The van der Waals surface area contributed by atoms with Gasteiger partial charge in [-0.3, -0.25) is 14.4 Å². The van der Waals surface area contributed by atoms with E-state index in [-0.39, 0.29) is 24.9 Å². The molecule has 0 saturated carbocycles. The van der Waals surface area contributed by atoms with Gasteiger partial charge in [-0.15, -0.1) is 0 Å². The molecule has 1 aliphatic heterocycles. The molecule has 35 heavy (non-hydrogen) atoms. The summed E-state index contributed by atoms with van der Waals surface area (Å²) in [5.74, 6) is -1.00. The molecule has 1 fully saturated rings. The molecule has 2 unspecified atom stereocenters. The first-order valence-electron chi connectivity index (χ1n) is 11.9. The highest BCUT2D eigenvalue weighted by molar-refractivity contribution is 5.95. The second-order valence-electron chi connectivity index (χ2n) is 10.8. The fourth-order valence-electron chi connectivity index (χ4n) is 3.81. The maximum absolute atomic E-state index is 13.4. The van der Waals surface area contributed by atoms with Crippen LogP contribution < -0.4 is 21.7 Å². The molecule has 1 aliphatic rings. The van der Waals surface area contributed by atoms with Crippen molar-refractivity contribution in [1.29, 1.82) is 0 Å². The fourth-order valence-corrected chi connectivity index (χ4v) is 3.81. The summed E-state index contributed by atoms with van der Waals surface area (Å²) >= 11 is 0. The summed E-state index contributed by atoms with van der Waals surface area (Å²) in [5, 5.41) is 8.60. The van der Waals surface area contributed by atoms with Crippen LogP contribution in [0.5, 0.6) is 0 Å². The van der Waals surface area contributed by atoms with Crippen LogP contribution in [0.25, 0.3) is 0 Å². The fraction of sp³-hybridized carbons (Fsp3) is 0.600. The van der Waals surface area contributed by atoms with Gasteiger partial charge in [0, 0.05) is 30.9 Å². The highest BCUT2D eigenvalue weighted by atomic mass is 16.6. The van der Waals surface area contributed by atoms with Crippen LogP contribution in [0.15, 0.2) is 24.3 Å². The molecule has 10 nitrogen and oxygen atoms in total. The molecule has 0 bridgehead atoms. The highest BCUT2D eigenvalue weighted by Crippen LogP contribution is 2.28. The lowest BCUT2D eigenvalue weighted by Gasteiger charge is -2.35. The summed E-state index contributed by atoms with van der Waals surface area (Å²) in [4.78, 5) is 51.0. The standard InChI is InChI=1S/C25H39N5O5/c1-24(2,3)19(22(33)30-14-8-11-18(30)20(26)31)29-17-10-7-9-16(15-17)21(32)27-12-13-28-23(34)35-25(4,5)6/h7,9-10,15,18-19,29H,8,11-14H2,1-6H3,(H2,26,31)(H,27,32)(H,28,34). The Kier molecular flexibility index (Phi) is 9.12. The number of rotatable bonds is 8. The van der Waals surface area contributed by atoms with Gasteiger partial charge in [-0.25, -0.2) is 4.79 Å². The number of nitrogens with one attached hydrogen (secondary N) is 3. The zero-order valence-electron chi connectivity index (χ0n) is 21.6. The van der Waals surface area contributed by atoms with Crippen LogP contribution in [0.3, 0.4) is 0 Å². The SMILES string of the molecule is CC(C)(C)OC(=O)NCCNC(=O)c1cccc(NC(C(=O)N2CCCC2C(N)=O)C(C)(C)C)c1. The molecule has 1 aromatic rings. The van der Waals surface area contributed by atoms with Crippen LogP contribution >= 0.6 is 0 Å². The van der Waals surface area contributed by atoms with E-state index in [1.165, 1.54) is 0 Å². The van der Waals surface area contributed by atoms with Gasteiger partial charge in [0.2, 0.25) is 11.8 Å². The normalized spacial score (nSPS) is 16.9. The number of carbonyl (C=O) groups excluding carboxylic acids is 4. The molecule has 5 N–H and O–H groups in total. The molecule has 2 atom stereocenters. The Balaban J connectivity index is 2.02. The third-order valence-electron chi connectivity index (χ3n) is 5.49. The van der Waals surface area contributed by atoms with Crippen molar-refractivity contribution in [3.05, 3.63) is 29.8 Å². The van der Waals surface area contributed by atoms with E-state index in [1.807, 2.05) is 20.8 Å². The largest absolute Gasteiger partial charge is 0.444 e. The second kappa shape index (κ2) is 11.4. The first-order chi connectivity index (χ1) is 16.2. The maximum Gasteiger partial charge on any atom is 0.407 e. The van der Waals surface area contributed by atoms with E-state index in [2.05, 4.69) is 16.0 Å². The first-order valence-corrected chi connectivity index (χ1v) is 11.9. The van der Waals surface area contributed by atoms with Crippen molar-refractivity contribution in [3.8, 4) is 0 Å². The second-order valence-corrected chi connectivity index (χ2v) is 10.8. The number of alkyl carbamates (subject to hydrolysis) is 1. The van der Waals surface area contributed by atoms with Crippen LogP contribution in [0.1, 0.15) is 64.7 Å². The molecule has 194 valence electrons. The molecule has 0 aliphatic carbocycles. The Morgan fingerprint density at radius 3 is 2.34 bits per heavy atom. The topological polar surface area (TPSA) is 143 Å². The quantitative estimate of drug-likeness (QED) is 0.413. The van der Waals surface area contributed by atoms with E-state index in [0.29, 0.717) is 24.2 Å². The van der Waals surface area contributed by atoms with E-state index < -0.39 is 35.1 Å². The maximum atomic E-state index is 13.4. The summed E-state index contributed by atoms with van der Waals surface area (Å²) in [6.07, 6.45) is 0.748. The van der Waals surface area contributed by atoms with Crippen LogP contribution in [0, 0.1) is 5.41 Å². The zero-order valence-corrected chi connectivity index (χ0v) is 21.6. The summed E-state index contributed by atoms with van der Waals surface area (Å²) in [5.41, 5.74) is 5.46. The Morgan fingerprint density at radius 2 is 1.74 bits per heavy atom. The van der Waals surface area contributed by atoms with Gasteiger partial charge < -0.3 is 31.3 Å². The molecule has 10 heteroatoms. The molecular weight excluding hydrogens is 450 g/mol. The molecule has 0 spiro atoms. The average Bonchev–Trinajstić information content (AvgIpc) is 3.23. The van der Waals surface area contributed by atoms with E-state index in [0.717, 1.165) is 6.42 Å². The minimum absolute atomic E-state index is 0.193. The van der Waals surface area contributed by atoms with Crippen molar-refractivity contribution < 1.29 is 23.9 Å². The number of hydrogen-bond acceptors (Lipinski definition) is 6. The number of primary amides is 1. The monoisotopic (exact) mass is 489 g/mol. The van der Waals surface area contributed by atoms with Crippen LogP contribution in [-0.4, -0.2) is 66.0 Å². The Labute approximate surface area is 207 Å². The Bertz CT molecular complexity index is 935. The van der Waals surface area contributed by atoms with Gasteiger partial charge in [0.1, 0.15) is 17.7 Å². The number of hydrogen-bond donors (Lipinski definition) is 4. The third kappa shape index (κ3) is 8.45. The van der Waals surface area contributed by atoms with Crippen molar-refractivity contribution >= 4 is 29.5 Å². The lowest BCUT2D eigenvalue weighted by Crippen LogP contribution is -2.53. The highest BCUT2D eigenvalue weighted by Gasteiger charge is 2.40. The number of nitrogens with zero attached hydrogens (tertiary/aromatic N) is 1. The number of nitrogens with two attached hydrogens (primary N) is 1. The average molecular weight is 490 g/mol. The van der Waals surface area contributed by atoms with Crippen molar-refractivity contribution in [1.82, 2.24) is 15.5 Å². The third-order valence-corrected chi connectivity index (χ3v) is 5.49. The summed E-state index contributed by atoms with van der Waals surface area (Å²) < 4.78 is 5.16. The van der Waals surface area contributed by atoms with Crippen LogP contribution in [0.2, 0.25) is 0 Å². The van der Waals surface area contributed by atoms with Gasteiger partial charge in [-0.2, -0.15) is 0 Å². The van der Waals surface area contributed by atoms with Crippen LogP contribution in [0.4, 0.5) is 10.5 Å². The van der Waals surface area contributed by atoms with Gasteiger partial charge in [0.25, 0.3) is 5.91 Å². The van der Waals surface area contributed by atoms with Gasteiger partial charge in [0.05, 0.1) is 0 Å². The summed E-state index contributed by atoms with van der Waals surface area (Å²) in [6, 6.07) is 5.61. The Hall–Kier alpha value is -3.30. The van der Waals surface area contributed by atoms with Crippen molar-refractivity contribution in [3.63, 3.8) is 0 Å². The molecule has 0 radical (unpaired) electrons. The van der Waals surface area contributed by atoms with Gasteiger partial charge in [0.15, 0.2) is 0 Å². The Morgan fingerprint density at radius 1 is 1.09 bits per heavy atom. The smallest absolute Gasteiger partial charge is 0.407 e.